The largest absolute Gasteiger partial charge is 0.483 e. The number of amides is 1. The van der Waals surface area contributed by atoms with Crippen molar-refractivity contribution in [3.63, 3.8) is 0 Å². The monoisotopic (exact) mass is 308 g/mol. The van der Waals surface area contributed by atoms with E-state index in [2.05, 4.69) is 10.5 Å². The number of carbonyl (C=O) groups is 1. The van der Waals surface area contributed by atoms with Gasteiger partial charge < -0.3 is 14.6 Å². The molecule has 0 saturated carbocycles. The summed E-state index contributed by atoms with van der Waals surface area (Å²) in [4.78, 5) is 11.9. The molecule has 5 nitrogen and oxygen atoms in total. The number of rotatable bonds is 5. The number of hydrogen-bond acceptors (Lipinski definition) is 4. The highest BCUT2D eigenvalue weighted by atomic mass is 16.5. The number of ether oxygens (including phenoxy) is 1. The van der Waals surface area contributed by atoms with E-state index in [1.807, 2.05) is 54.6 Å². The third kappa shape index (κ3) is 3.77. The van der Waals surface area contributed by atoms with Crippen LogP contribution in [-0.4, -0.2) is 17.7 Å². The molecule has 1 N–H and O–H groups in total. The van der Waals surface area contributed by atoms with Gasteiger partial charge in [-0.25, -0.2) is 0 Å². The van der Waals surface area contributed by atoms with Gasteiger partial charge in [0, 0.05) is 11.6 Å². The number of aryl methyl sites for hydroxylation is 1. The summed E-state index contributed by atoms with van der Waals surface area (Å²) in [5.41, 5.74) is 1.98. The quantitative estimate of drug-likeness (QED) is 0.781. The van der Waals surface area contributed by atoms with Crippen molar-refractivity contribution in [2.45, 2.75) is 6.92 Å². The van der Waals surface area contributed by atoms with E-state index in [0.29, 0.717) is 17.3 Å². The minimum Gasteiger partial charge on any atom is -0.483 e. The molecule has 3 aromatic rings. The predicted octanol–water partition coefficient (Wildman–Crippen LogP) is 3.67. The second-order valence-corrected chi connectivity index (χ2v) is 5.02. The Morgan fingerprint density at radius 1 is 1.13 bits per heavy atom. The zero-order chi connectivity index (χ0) is 16.1. The lowest BCUT2D eigenvalue weighted by Gasteiger charge is -2.11. The van der Waals surface area contributed by atoms with Crippen molar-refractivity contribution in [1.29, 1.82) is 0 Å². The van der Waals surface area contributed by atoms with Gasteiger partial charge in [-0.2, -0.15) is 0 Å². The Kier molecular flexibility index (Phi) is 4.38. The van der Waals surface area contributed by atoms with Crippen LogP contribution in [0.5, 0.6) is 5.75 Å². The zero-order valence-corrected chi connectivity index (χ0v) is 12.7. The number of anilines is 1. The van der Waals surface area contributed by atoms with Gasteiger partial charge >= 0.3 is 0 Å². The highest BCUT2D eigenvalue weighted by Crippen LogP contribution is 2.29. The van der Waals surface area contributed by atoms with E-state index in [1.165, 1.54) is 0 Å². The summed E-state index contributed by atoms with van der Waals surface area (Å²) in [6.07, 6.45) is 0. The van der Waals surface area contributed by atoms with Crippen LogP contribution in [0.15, 0.2) is 65.2 Å². The van der Waals surface area contributed by atoms with Crippen LogP contribution in [0.2, 0.25) is 0 Å². The van der Waals surface area contributed by atoms with E-state index < -0.39 is 0 Å². The topological polar surface area (TPSA) is 64.4 Å². The summed E-state index contributed by atoms with van der Waals surface area (Å²) in [5, 5.41) is 6.34. The van der Waals surface area contributed by atoms with E-state index in [-0.39, 0.29) is 12.5 Å². The van der Waals surface area contributed by atoms with Gasteiger partial charge in [0.05, 0.1) is 0 Å². The Labute approximate surface area is 133 Å². The van der Waals surface area contributed by atoms with Crippen molar-refractivity contribution in [1.82, 2.24) is 5.16 Å². The number of nitrogens with one attached hydrogen (secondary N) is 1. The first-order valence-corrected chi connectivity index (χ1v) is 7.23. The van der Waals surface area contributed by atoms with Crippen LogP contribution in [-0.2, 0) is 4.79 Å². The van der Waals surface area contributed by atoms with Gasteiger partial charge in [0.1, 0.15) is 11.5 Å². The summed E-state index contributed by atoms with van der Waals surface area (Å²) in [6.45, 7) is 1.66. The Morgan fingerprint density at radius 2 is 1.87 bits per heavy atom. The Hall–Kier alpha value is -3.08. The molecule has 0 aliphatic heterocycles. The van der Waals surface area contributed by atoms with Crippen LogP contribution in [0.4, 0.5) is 5.82 Å². The first-order chi connectivity index (χ1) is 11.2. The number of aromatic nitrogens is 1. The lowest BCUT2D eigenvalue weighted by Crippen LogP contribution is -2.20. The molecule has 23 heavy (non-hydrogen) atoms. The van der Waals surface area contributed by atoms with Crippen molar-refractivity contribution in [2.24, 2.45) is 0 Å². The molecule has 5 heteroatoms. The fraction of sp³-hybridized carbons (Fsp3) is 0.111. The van der Waals surface area contributed by atoms with Crippen molar-refractivity contribution < 1.29 is 14.1 Å². The Balaban J connectivity index is 1.68. The van der Waals surface area contributed by atoms with Crippen LogP contribution in [0, 0.1) is 6.92 Å². The number of para-hydroxylation sites is 1. The van der Waals surface area contributed by atoms with Gasteiger partial charge in [0.2, 0.25) is 0 Å². The van der Waals surface area contributed by atoms with Crippen LogP contribution in [0.1, 0.15) is 5.76 Å². The van der Waals surface area contributed by atoms with Crippen molar-refractivity contribution in [2.75, 3.05) is 11.9 Å². The molecular weight excluding hydrogens is 292 g/mol. The van der Waals surface area contributed by atoms with Crippen LogP contribution in [0.25, 0.3) is 11.1 Å². The van der Waals surface area contributed by atoms with Gasteiger partial charge in [-0.1, -0.05) is 53.7 Å². The molecule has 1 aromatic heterocycles. The average Bonchev–Trinajstić information content (AvgIpc) is 2.99. The number of hydrogen-bond donors (Lipinski definition) is 1. The lowest BCUT2D eigenvalue weighted by atomic mass is 10.1. The summed E-state index contributed by atoms with van der Waals surface area (Å²) >= 11 is 0. The number of nitrogens with zero attached hydrogens (tertiary/aromatic N) is 1. The molecule has 0 atom stereocenters. The molecular formula is C18H16N2O3. The van der Waals surface area contributed by atoms with Crippen molar-refractivity contribution >= 4 is 11.7 Å². The second-order valence-electron chi connectivity index (χ2n) is 5.02. The summed E-state index contributed by atoms with van der Waals surface area (Å²) in [6, 6.07) is 19.2. The summed E-state index contributed by atoms with van der Waals surface area (Å²) in [5.74, 6) is 1.38. The van der Waals surface area contributed by atoms with Crippen LogP contribution >= 0.6 is 0 Å². The number of benzene rings is 2. The summed E-state index contributed by atoms with van der Waals surface area (Å²) < 4.78 is 10.6. The maximum absolute atomic E-state index is 11.9. The lowest BCUT2D eigenvalue weighted by molar-refractivity contribution is -0.118. The molecule has 0 fully saturated rings. The average molecular weight is 308 g/mol. The Bertz CT molecular complexity index is 797. The predicted molar refractivity (Wildman–Crippen MR) is 87.2 cm³/mol. The molecule has 0 unspecified atom stereocenters. The zero-order valence-electron chi connectivity index (χ0n) is 12.7. The first-order valence-electron chi connectivity index (χ1n) is 7.23. The van der Waals surface area contributed by atoms with E-state index in [1.54, 1.807) is 13.0 Å². The molecule has 0 bridgehead atoms. The van der Waals surface area contributed by atoms with Crippen molar-refractivity contribution in [3.05, 3.63) is 66.4 Å². The minimum absolute atomic E-state index is 0.101. The molecule has 0 saturated heterocycles. The molecule has 2 aromatic carbocycles. The van der Waals surface area contributed by atoms with E-state index in [0.717, 1.165) is 11.1 Å². The van der Waals surface area contributed by atoms with E-state index in [9.17, 15) is 4.79 Å². The third-order valence-electron chi connectivity index (χ3n) is 3.23. The summed E-state index contributed by atoms with van der Waals surface area (Å²) in [7, 11) is 0. The van der Waals surface area contributed by atoms with Crippen molar-refractivity contribution in [3.8, 4) is 16.9 Å². The third-order valence-corrected chi connectivity index (χ3v) is 3.23. The molecule has 0 spiro atoms. The SMILES string of the molecule is Cc1cc(NC(=O)COc2ccccc2-c2ccccc2)no1. The molecule has 0 radical (unpaired) electrons. The minimum atomic E-state index is -0.291. The molecule has 116 valence electrons. The van der Waals surface area contributed by atoms with E-state index in [4.69, 9.17) is 9.26 Å². The molecule has 1 heterocycles. The van der Waals surface area contributed by atoms with Gasteiger partial charge in [-0.15, -0.1) is 0 Å². The van der Waals surface area contributed by atoms with Gasteiger partial charge in [-0.05, 0) is 18.6 Å². The first kappa shape index (κ1) is 14.8. The van der Waals surface area contributed by atoms with E-state index >= 15 is 0 Å². The van der Waals surface area contributed by atoms with Crippen LogP contribution < -0.4 is 10.1 Å². The smallest absolute Gasteiger partial charge is 0.263 e. The molecule has 0 aliphatic rings. The Morgan fingerprint density at radius 3 is 2.61 bits per heavy atom. The van der Waals surface area contributed by atoms with Gasteiger partial charge in [-0.3, -0.25) is 4.79 Å². The highest BCUT2D eigenvalue weighted by molar-refractivity contribution is 5.91. The van der Waals surface area contributed by atoms with Gasteiger partial charge in [0.15, 0.2) is 12.4 Å². The normalized spacial score (nSPS) is 10.3. The fourth-order valence-corrected chi connectivity index (χ4v) is 2.20. The highest BCUT2D eigenvalue weighted by Gasteiger charge is 2.10. The fourth-order valence-electron chi connectivity index (χ4n) is 2.20. The molecule has 1 amide bonds. The molecule has 3 rings (SSSR count). The maximum atomic E-state index is 11.9. The number of carbonyl (C=O) groups excluding carboxylic acids is 1. The van der Waals surface area contributed by atoms with Crippen LogP contribution in [0.3, 0.4) is 0 Å². The maximum Gasteiger partial charge on any atom is 0.263 e. The second kappa shape index (κ2) is 6.79. The molecule has 0 aliphatic carbocycles. The van der Waals surface area contributed by atoms with Gasteiger partial charge in [0.25, 0.3) is 5.91 Å². The standard InChI is InChI=1S/C18H16N2O3/c1-13-11-17(20-23-13)19-18(21)12-22-16-10-6-5-9-15(16)14-7-3-2-4-8-14/h2-11H,12H2,1H3,(H,19,20,21).